The largest absolute Gasteiger partial charge is 0.460 e. The maximum Gasteiger partial charge on any atom is 0.277 e. The normalized spacial score (nSPS) is 10.7. The molecule has 0 aliphatic carbocycles. The Kier molecular flexibility index (Phi) is 4.87. The van der Waals surface area contributed by atoms with E-state index in [2.05, 4.69) is 25.6 Å². The fraction of sp³-hybridized carbons (Fsp3) is 0.188. The maximum absolute atomic E-state index is 11.7. The van der Waals surface area contributed by atoms with Gasteiger partial charge in [-0.2, -0.15) is 0 Å². The predicted molar refractivity (Wildman–Crippen MR) is 86.9 cm³/mol. The number of nitrogen functional groups attached to an aromatic ring is 1. The molecule has 24 heavy (non-hydrogen) atoms. The Morgan fingerprint density at radius 3 is 2.67 bits per heavy atom. The second kappa shape index (κ2) is 7.42. The minimum absolute atomic E-state index is 0.00598. The summed E-state index contributed by atoms with van der Waals surface area (Å²) in [5, 5.41) is 12.6. The molecule has 3 rings (SSSR count). The van der Waals surface area contributed by atoms with Crippen molar-refractivity contribution in [1.29, 1.82) is 0 Å². The van der Waals surface area contributed by atoms with Crippen molar-refractivity contribution in [3.05, 3.63) is 53.9 Å². The first kappa shape index (κ1) is 15.8. The van der Waals surface area contributed by atoms with Gasteiger partial charge in [-0.15, -0.1) is 0 Å². The lowest BCUT2D eigenvalue weighted by molar-refractivity contribution is 0.0944. The first-order valence-electron chi connectivity index (χ1n) is 7.45. The van der Waals surface area contributed by atoms with Crippen molar-refractivity contribution in [3.63, 3.8) is 0 Å². The molecule has 0 spiro atoms. The highest BCUT2D eigenvalue weighted by molar-refractivity contribution is 5.95. The lowest BCUT2D eigenvalue weighted by Gasteiger charge is -2.04. The minimum atomic E-state index is -0.417. The highest BCUT2D eigenvalue weighted by Crippen LogP contribution is 2.21. The van der Waals surface area contributed by atoms with E-state index in [0.717, 1.165) is 17.1 Å². The average molecular weight is 327 g/mol. The molecule has 124 valence electrons. The van der Waals surface area contributed by atoms with Crippen molar-refractivity contribution < 1.29 is 13.8 Å². The molecule has 0 saturated heterocycles. The summed E-state index contributed by atoms with van der Waals surface area (Å²) in [7, 11) is 0. The van der Waals surface area contributed by atoms with E-state index in [9.17, 15) is 4.79 Å². The van der Waals surface area contributed by atoms with Gasteiger partial charge in [0.05, 0.1) is 6.54 Å². The van der Waals surface area contributed by atoms with Crippen LogP contribution in [-0.4, -0.2) is 29.3 Å². The lowest BCUT2D eigenvalue weighted by atomic mass is 10.2. The van der Waals surface area contributed by atoms with Crippen LogP contribution >= 0.6 is 0 Å². The Balaban J connectivity index is 1.40. The minimum Gasteiger partial charge on any atom is -0.460 e. The van der Waals surface area contributed by atoms with E-state index in [1.54, 1.807) is 0 Å². The summed E-state index contributed by atoms with van der Waals surface area (Å²) in [5.74, 6) is 1.21. The summed E-state index contributed by atoms with van der Waals surface area (Å²) in [6.45, 7) is 1.55. The Hall–Kier alpha value is -3.13. The first-order valence-corrected chi connectivity index (χ1v) is 7.45. The molecule has 0 radical (unpaired) electrons. The molecule has 0 aliphatic heterocycles. The second-order valence-corrected chi connectivity index (χ2v) is 5.06. The number of benzene rings is 1. The van der Waals surface area contributed by atoms with Crippen LogP contribution in [0.25, 0.3) is 11.3 Å². The van der Waals surface area contributed by atoms with Gasteiger partial charge in [0.25, 0.3) is 5.91 Å². The van der Waals surface area contributed by atoms with Gasteiger partial charge >= 0.3 is 0 Å². The SMILES string of the molecule is Nc1nonc1C(=O)NCCNCc1ccc(-c2ccccc2)o1. The quantitative estimate of drug-likeness (QED) is 0.562. The van der Waals surface area contributed by atoms with Gasteiger partial charge in [0, 0.05) is 18.7 Å². The number of nitrogens with zero attached hydrogens (tertiary/aromatic N) is 2. The molecule has 0 bridgehead atoms. The summed E-state index contributed by atoms with van der Waals surface area (Å²) >= 11 is 0. The van der Waals surface area contributed by atoms with Crippen molar-refractivity contribution in [2.24, 2.45) is 0 Å². The maximum atomic E-state index is 11.7. The van der Waals surface area contributed by atoms with E-state index >= 15 is 0 Å². The number of rotatable bonds is 7. The summed E-state index contributed by atoms with van der Waals surface area (Å²) in [6.07, 6.45) is 0. The Bertz CT molecular complexity index is 797. The molecule has 0 atom stereocenters. The van der Waals surface area contributed by atoms with Gasteiger partial charge in [0.2, 0.25) is 11.5 Å². The molecular formula is C16H17N5O3. The van der Waals surface area contributed by atoms with Gasteiger partial charge in [-0.1, -0.05) is 30.3 Å². The number of furan rings is 1. The smallest absolute Gasteiger partial charge is 0.277 e. The van der Waals surface area contributed by atoms with Crippen molar-refractivity contribution in [1.82, 2.24) is 20.9 Å². The van der Waals surface area contributed by atoms with Crippen molar-refractivity contribution in [2.75, 3.05) is 18.8 Å². The molecule has 1 amide bonds. The standard InChI is InChI=1S/C16H17N5O3/c17-15-14(20-24-21-15)16(22)19-9-8-18-10-12-6-7-13(23-12)11-4-2-1-3-5-11/h1-7,18H,8-10H2,(H2,17,21)(H,19,22). The topological polar surface area (TPSA) is 119 Å². The Morgan fingerprint density at radius 2 is 1.92 bits per heavy atom. The molecule has 2 aromatic heterocycles. The Morgan fingerprint density at radius 1 is 1.08 bits per heavy atom. The molecular weight excluding hydrogens is 310 g/mol. The number of hydrogen-bond donors (Lipinski definition) is 3. The molecule has 8 nitrogen and oxygen atoms in total. The van der Waals surface area contributed by atoms with Crippen LogP contribution in [0.5, 0.6) is 0 Å². The number of nitrogens with two attached hydrogens (primary N) is 1. The highest BCUT2D eigenvalue weighted by Gasteiger charge is 2.14. The van der Waals surface area contributed by atoms with Gasteiger partial charge < -0.3 is 20.8 Å². The number of carbonyl (C=O) groups excluding carboxylic acids is 1. The summed E-state index contributed by atoms with van der Waals surface area (Å²) in [4.78, 5) is 11.7. The molecule has 1 aromatic carbocycles. The zero-order chi connectivity index (χ0) is 16.8. The van der Waals surface area contributed by atoms with Crippen LogP contribution in [0, 0.1) is 0 Å². The molecule has 0 fully saturated rings. The third-order valence-corrected chi connectivity index (χ3v) is 3.34. The highest BCUT2D eigenvalue weighted by atomic mass is 16.6. The zero-order valence-corrected chi connectivity index (χ0v) is 12.9. The van der Waals surface area contributed by atoms with Crippen LogP contribution in [0.4, 0.5) is 5.82 Å². The van der Waals surface area contributed by atoms with E-state index < -0.39 is 5.91 Å². The molecule has 0 unspecified atom stereocenters. The third kappa shape index (κ3) is 3.79. The first-order chi connectivity index (χ1) is 11.7. The molecule has 8 heteroatoms. The van der Waals surface area contributed by atoms with Crippen molar-refractivity contribution in [2.45, 2.75) is 6.54 Å². The van der Waals surface area contributed by atoms with E-state index in [-0.39, 0.29) is 11.5 Å². The summed E-state index contributed by atoms with van der Waals surface area (Å²) in [6, 6.07) is 13.8. The number of carbonyl (C=O) groups is 1. The zero-order valence-electron chi connectivity index (χ0n) is 12.9. The van der Waals surface area contributed by atoms with E-state index in [0.29, 0.717) is 19.6 Å². The van der Waals surface area contributed by atoms with Gasteiger partial charge in [-0.05, 0) is 22.4 Å². The second-order valence-electron chi connectivity index (χ2n) is 5.06. The molecule has 4 N–H and O–H groups in total. The van der Waals surface area contributed by atoms with Gasteiger partial charge in [-0.3, -0.25) is 4.79 Å². The number of nitrogens with one attached hydrogen (secondary N) is 2. The molecule has 0 aliphatic rings. The number of anilines is 1. The van der Waals surface area contributed by atoms with Crippen LogP contribution in [-0.2, 0) is 6.54 Å². The van der Waals surface area contributed by atoms with Crippen molar-refractivity contribution >= 4 is 11.7 Å². The fourth-order valence-electron chi connectivity index (χ4n) is 2.14. The monoisotopic (exact) mass is 327 g/mol. The van der Waals surface area contributed by atoms with Gasteiger partial charge in [0.1, 0.15) is 11.5 Å². The average Bonchev–Trinajstić information content (AvgIpc) is 3.24. The van der Waals surface area contributed by atoms with E-state index in [1.807, 2.05) is 42.5 Å². The lowest BCUT2D eigenvalue weighted by Crippen LogP contribution is -2.32. The summed E-state index contributed by atoms with van der Waals surface area (Å²) < 4.78 is 10.2. The van der Waals surface area contributed by atoms with Crippen LogP contribution < -0.4 is 16.4 Å². The fourth-order valence-corrected chi connectivity index (χ4v) is 2.14. The number of aromatic nitrogens is 2. The van der Waals surface area contributed by atoms with Gasteiger partial charge in [0.15, 0.2) is 0 Å². The molecule has 3 aromatic rings. The van der Waals surface area contributed by atoms with Crippen LogP contribution in [0.2, 0.25) is 0 Å². The number of amides is 1. The summed E-state index contributed by atoms with van der Waals surface area (Å²) in [5.41, 5.74) is 6.47. The molecule has 2 heterocycles. The van der Waals surface area contributed by atoms with Crippen molar-refractivity contribution in [3.8, 4) is 11.3 Å². The van der Waals surface area contributed by atoms with E-state index in [4.69, 9.17) is 10.2 Å². The van der Waals surface area contributed by atoms with E-state index in [1.165, 1.54) is 0 Å². The number of hydrogen-bond acceptors (Lipinski definition) is 7. The third-order valence-electron chi connectivity index (χ3n) is 3.34. The van der Waals surface area contributed by atoms with Crippen LogP contribution in [0.1, 0.15) is 16.2 Å². The predicted octanol–water partition coefficient (Wildman–Crippen LogP) is 1.43. The van der Waals surface area contributed by atoms with Crippen LogP contribution in [0.15, 0.2) is 51.5 Å². The van der Waals surface area contributed by atoms with Gasteiger partial charge in [-0.25, -0.2) is 4.63 Å². The van der Waals surface area contributed by atoms with Crippen LogP contribution in [0.3, 0.4) is 0 Å². The Labute approximate surface area is 138 Å². The molecule has 0 saturated carbocycles.